The number of ether oxygens (including phenoxy) is 2. The monoisotopic (exact) mass is 378 g/mol. The number of amides is 3. The van der Waals surface area contributed by atoms with Gasteiger partial charge < -0.3 is 19.2 Å². The number of carbonyl (C=O) groups is 2. The van der Waals surface area contributed by atoms with E-state index in [9.17, 15) is 9.59 Å². The molecule has 0 spiro atoms. The van der Waals surface area contributed by atoms with Crippen LogP contribution in [0, 0.1) is 0 Å². The molecule has 0 atom stereocenters. The molecule has 1 aliphatic rings. The third kappa shape index (κ3) is 4.66. The van der Waals surface area contributed by atoms with Crippen molar-refractivity contribution >= 4 is 29.4 Å². The molecule has 0 fully saturated rings. The average Bonchev–Trinajstić information content (AvgIpc) is 3.09. The zero-order valence-corrected chi connectivity index (χ0v) is 15.1. The van der Waals surface area contributed by atoms with Crippen LogP contribution in [0.2, 0.25) is 0 Å². The van der Waals surface area contributed by atoms with Gasteiger partial charge in [-0.05, 0) is 12.1 Å². The summed E-state index contributed by atoms with van der Waals surface area (Å²) < 4.78 is 16.2. The van der Waals surface area contributed by atoms with E-state index >= 15 is 0 Å². The number of benzene rings is 1. The molecular weight excluding hydrogens is 360 g/mol. The number of aromatic nitrogens is 2. The van der Waals surface area contributed by atoms with Crippen LogP contribution in [0.4, 0.5) is 10.5 Å². The molecule has 3 amide bonds. The normalized spacial score (nSPS) is 12.7. The number of hydrogen-bond donors (Lipinski definition) is 2. The van der Waals surface area contributed by atoms with Crippen molar-refractivity contribution < 1.29 is 23.5 Å². The Morgan fingerprint density at radius 3 is 2.69 bits per heavy atom. The van der Waals surface area contributed by atoms with Gasteiger partial charge in [0.15, 0.2) is 11.5 Å². The Kier molecular flexibility index (Phi) is 5.61. The van der Waals surface area contributed by atoms with E-state index in [4.69, 9.17) is 13.9 Å². The zero-order chi connectivity index (χ0) is 18.5. The average molecular weight is 378 g/mol. The third-order valence-corrected chi connectivity index (χ3v) is 4.11. The van der Waals surface area contributed by atoms with Crippen molar-refractivity contribution in [1.82, 2.24) is 15.5 Å². The summed E-state index contributed by atoms with van der Waals surface area (Å²) in [5.74, 6) is 1.29. The van der Waals surface area contributed by atoms with Crippen LogP contribution in [0.1, 0.15) is 25.7 Å². The quantitative estimate of drug-likeness (QED) is 0.762. The van der Waals surface area contributed by atoms with Gasteiger partial charge in [-0.3, -0.25) is 10.1 Å². The first-order valence-corrected chi connectivity index (χ1v) is 8.96. The Labute approximate surface area is 153 Å². The second-order valence-electron chi connectivity index (χ2n) is 5.71. The number of hydrogen-bond acceptors (Lipinski definition) is 8. The molecule has 138 valence electrons. The number of imide groups is 1. The van der Waals surface area contributed by atoms with Gasteiger partial charge in [0.05, 0.1) is 5.75 Å². The van der Waals surface area contributed by atoms with Crippen molar-refractivity contribution in [1.29, 1.82) is 0 Å². The molecule has 10 heteroatoms. The SMILES string of the molecule is CC(C)c1nnc(SCC(=O)NC(=O)Nc2ccc3c(c2)OCCO3)o1. The first-order valence-electron chi connectivity index (χ1n) is 7.98. The molecule has 0 bridgehead atoms. The maximum absolute atomic E-state index is 11.9. The highest BCUT2D eigenvalue weighted by molar-refractivity contribution is 7.99. The second kappa shape index (κ2) is 8.09. The van der Waals surface area contributed by atoms with Crippen molar-refractivity contribution in [3.8, 4) is 11.5 Å². The first-order chi connectivity index (χ1) is 12.5. The lowest BCUT2D eigenvalue weighted by atomic mass is 10.2. The van der Waals surface area contributed by atoms with Gasteiger partial charge in [-0.2, -0.15) is 0 Å². The number of thioether (sulfide) groups is 1. The Balaban J connectivity index is 1.47. The number of carbonyl (C=O) groups excluding carboxylic acids is 2. The van der Waals surface area contributed by atoms with Crippen molar-refractivity contribution in [3.63, 3.8) is 0 Å². The number of urea groups is 1. The fourth-order valence-electron chi connectivity index (χ4n) is 2.09. The summed E-state index contributed by atoms with van der Waals surface area (Å²) in [6.45, 7) is 4.80. The highest BCUT2D eigenvalue weighted by atomic mass is 32.2. The lowest BCUT2D eigenvalue weighted by Gasteiger charge is -2.19. The zero-order valence-electron chi connectivity index (χ0n) is 14.3. The maximum Gasteiger partial charge on any atom is 0.325 e. The topological polar surface area (TPSA) is 116 Å². The third-order valence-electron chi connectivity index (χ3n) is 3.30. The number of fused-ring (bicyclic) bond motifs is 1. The predicted octanol–water partition coefficient (Wildman–Crippen LogP) is 2.40. The molecule has 2 aromatic rings. The van der Waals surface area contributed by atoms with E-state index in [0.29, 0.717) is 36.3 Å². The molecule has 0 radical (unpaired) electrons. The fraction of sp³-hybridized carbons (Fsp3) is 0.375. The number of nitrogens with zero attached hydrogens (tertiary/aromatic N) is 2. The molecule has 1 aromatic carbocycles. The molecular formula is C16H18N4O5S. The molecule has 3 rings (SSSR count). The van der Waals surface area contributed by atoms with Gasteiger partial charge in [-0.1, -0.05) is 25.6 Å². The summed E-state index contributed by atoms with van der Waals surface area (Å²) in [5, 5.41) is 12.8. The van der Waals surface area contributed by atoms with Gasteiger partial charge in [-0.15, -0.1) is 10.2 Å². The van der Waals surface area contributed by atoms with Gasteiger partial charge in [-0.25, -0.2) is 4.79 Å². The van der Waals surface area contributed by atoms with E-state index in [-0.39, 0.29) is 16.9 Å². The molecule has 2 heterocycles. The minimum atomic E-state index is -0.638. The van der Waals surface area contributed by atoms with Crippen LogP contribution in [-0.2, 0) is 4.79 Å². The fourth-order valence-corrected chi connectivity index (χ4v) is 2.66. The van der Waals surface area contributed by atoms with Crippen molar-refractivity contribution in [2.24, 2.45) is 0 Å². The van der Waals surface area contributed by atoms with Crippen LogP contribution in [0.5, 0.6) is 11.5 Å². The van der Waals surface area contributed by atoms with Crippen molar-refractivity contribution in [2.75, 3.05) is 24.3 Å². The lowest BCUT2D eigenvalue weighted by molar-refractivity contribution is -0.117. The van der Waals surface area contributed by atoms with Gasteiger partial charge >= 0.3 is 6.03 Å². The van der Waals surface area contributed by atoms with Crippen LogP contribution in [0.15, 0.2) is 27.8 Å². The van der Waals surface area contributed by atoms with Crippen LogP contribution in [0.3, 0.4) is 0 Å². The standard InChI is InChI=1S/C16H18N4O5S/c1-9(2)14-19-20-16(25-14)26-8-13(21)18-15(22)17-10-3-4-11-12(7-10)24-6-5-23-11/h3-4,7,9H,5-6,8H2,1-2H3,(H2,17,18,21,22). The van der Waals surface area contributed by atoms with Gasteiger partial charge in [0, 0.05) is 17.7 Å². The maximum atomic E-state index is 11.9. The second-order valence-corrected chi connectivity index (χ2v) is 6.64. The molecule has 0 unspecified atom stereocenters. The summed E-state index contributed by atoms with van der Waals surface area (Å²) >= 11 is 1.06. The summed E-state index contributed by atoms with van der Waals surface area (Å²) in [7, 11) is 0. The number of nitrogens with one attached hydrogen (secondary N) is 2. The Hall–Kier alpha value is -2.75. The van der Waals surface area contributed by atoms with E-state index in [0.717, 1.165) is 11.8 Å². The largest absolute Gasteiger partial charge is 0.486 e. The first kappa shape index (κ1) is 18.1. The molecule has 26 heavy (non-hydrogen) atoms. The van der Waals surface area contributed by atoms with E-state index in [2.05, 4.69) is 20.8 Å². The minimum absolute atomic E-state index is 0.0196. The molecule has 9 nitrogen and oxygen atoms in total. The smallest absolute Gasteiger partial charge is 0.325 e. The van der Waals surface area contributed by atoms with Crippen LogP contribution in [-0.4, -0.2) is 41.1 Å². The number of anilines is 1. The van der Waals surface area contributed by atoms with E-state index in [1.807, 2.05) is 13.8 Å². The van der Waals surface area contributed by atoms with Gasteiger partial charge in [0.1, 0.15) is 13.2 Å². The molecule has 0 saturated carbocycles. The highest BCUT2D eigenvalue weighted by Crippen LogP contribution is 2.32. The minimum Gasteiger partial charge on any atom is -0.486 e. The van der Waals surface area contributed by atoms with E-state index in [1.165, 1.54) is 0 Å². The summed E-state index contributed by atoms with van der Waals surface area (Å²) in [6, 6.07) is 4.36. The molecule has 2 N–H and O–H groups in total. The predicted molar refractivity (Wildman–Crippen MR) is 93.7 cm³/mol. The van der Waals surface area contributed by atoms with E-state index in [1.54, 1.807) is 18.2 Å². The van der Waals surface area contributed by atoms with Crippen LogP contribution >= 0.6 is 11.8 Å². The highest BCUT2D eigenvalue weighted by Gasteiger charge is 2.15. The Morgan fingerprint density at radius 1 is 1.19 bits per heavy atom. The van der Waals surface area contributed by atoms with Crippen LogP contribution in [0.25, 0.3) is 0 Å². The number of rotatable bonds is 5. The molecule has 0 aliphatic carbocycles. The van der Waals surface area contributed by atoms with Crippen molar-refractivity contribution in [2.45, 2.75) is 25.0 Å². The summed E-state index contributed by atoms with van der Waals surface area (Å²) in [4.78, 5) is 23.8. The molecule has 0 saturated heterocycles. The molecule has 1 aliphatic heterocycles. The van der Waals surface area contributed by atoms with Crippen LogP contribution < -0.4 is 20.1 Å². The van der Waals surface area contributed by atoms with Gasteiger partial charge in [0.25, 0.3) is 5.22 Å². The molecule has 1 aromatic heterocycles. The van der Waals surface area contributed by atoms with E-state index < -0.39 is 11.9 Å². The van der Waals surface area contributed by atoms with Gasteiger partial charge in [0.2, 0.25) is 11.8 Å². The summed E-state index contributed by atoms with van der Waals surface area (Å²) in [5.41, 5.74) is 0.491. The summed E-state index contributed by atoms with van der Waals surface area (Å²) in [6.07, 6.45) is 0. The Morgan fingerprint density at radius 2 is 1.96 bits per heavy atom. The Bertz CT molecular complexity index is 808. The van der Waals surface area contributed by atoms with Crippen molar-refractivity contribution in [3.05, 3.63) is 24.1 Å². The lowest BCUT2D eigenvalue weighted by Crippen LogP contribution is -2.35.